The van der Waals surface area contributed by atoms with Crippen molar-refractivity contribution in [3.8, 4) is 0 Å². The van der Waals surface area contributed by atoms with Crippen LogP contribution in [0.25, 0.3) is 0 Å². The monoisotopic (exact) mass is 1340 g/mol. The van der Waals surface area contributed by atoms with E-state index in [4.69, 9.17) is 37.0 Å². The molecule has 0 aliphatic heterocycles. The van der Waals surface area contributed by atoms with E-state index < -0.39 is 97.5 Å². The number of esters is 4. The first-order chi connectivity index (χ1) is 43.6. The highest BCUT2D eigenvalue weighted by Gasteiger charge is 2.30. The number of hydrogen-bond acceptors (Lipinski definition) is 15. The van der Waals surface area contributed by atoms with Gasteiger partial charge < -0.3 is 33.8 Å². The molecule has 0 rings (SSSR count). The Bertz CT molecular complexity index is 1800. The lowest BCUT2D eigenvalue weighted by Gasteiger charge is -2.21. The van der Waals surface area contributed by atoms with Crippen LogP contribution in [0.5, 0.6) is 0 Å². The average Bonchev–Trinajstić information content (AvgIpc) is 3.70. The Morgan fingerprint density at radius 3 is 0.780 bits per heavy atom. The molecule has 19 heteroatoms. The molecule has 0 aliphatic rings. The predicted octanol–water partition coefficient (Wildman–Crippen LogP) is 20.5. The fraction of sp³-hybridized carbons (Fsp3) is 0.944. The first-order valence-corrected chi connectivity index (χ1v) is 40.2. The molecule has 0 aliphatic carbocycles. The third kappa shape index (κ3) is 65.1. The summed E-state index contributed by atoms with van der Waals surface area (Å²) in [5.41, 5.74) is 0. The molecule has 17 nitrogen and oxygen atoms in total. The van der Waals surface area contributed by atoms with Gasteiger partial charge in [0, 0.05) is 25.7 Å². The number of phosphoric acid groups is 2. The molecular formula is C72H140O17P2. The number of phosphoric ester groups is 2. The maximum atomic E-state index is 13.0. The fourth-order valence-electron chi connectivity index (χ4n) is 10.8. The molecule has 3 N–H and O–H groups in total. The molecule has 0 fully saturated rings. The predicted molar refractivity (Wildman–Crippen MR) is 367 cm³/mol. The molecule has 91 heavy (non-hydrogen) atoms. The quantitative estimate of drug-likeness (QED) is 0.0222. The van der Waals surface area contributed by atoms with Crippen LogP contribution in [0.15, 0.2) is 0 Å². The van der Waals surface area contributed by atoms with Crippen LogP contribution in [-0.4, -0.2) is 96.7 Å². The van der Waals surface area contributed by atoms with E-state index in [1.807, 2.05) is 0 Å². The number of ether oxygens (including phenoxy) is 4. The van der Waals surface area contributed by atoms with E-state index >= 15 is 0 Å². The molecule has 0 spiro atoms. The van der Waals surface area contributed by atoms with Crippen molar-refractivity contribution < 1.29 is 80.2 Å². The van der Waals surface area contributed by atoms with Gasteiger partial charge in [-0.25, -0.2) is 9.13 Å². The SMILES string of the molecule is CCC(C)CCCCCCCCC(=O)OC[C@H](COP(=O)(O)OC[C@H](O)COP(=O)(O)OC[C@@H](COC(=O)CCCCCCCCCCCC(C)C)OC(=O)CCCCCCCCCCCCCC(C)C)OC(=O)CCCCCCCCCCCCCCC(C)C. The molecule has 540 valence electrons. The molecule has 0 saturated carbocycles. The van der Waals surface area contributed by atoms with Crippen LogP contribution in [0.1, 0.15) is 357 Å². The first kappa shape index (κ1) is 89.1. The highest BCUT2D eigenvalue weighted by Crippen LogP contribution is 2.45. The van der Waals surface area contributed by atoms with Crippen LogP contribution < -0.4 is 0 Å². The summed E-state index contributed by atoms with van der Waals surface area (Å²) in [6, 6.07) is 0. The second kappa shape index (κ2) is 61.6. The Labute approximate surface area is 556 Å². The van der Waals surface area contributed by atoms with Crippen LogP contribution in [0.4, 0.5) is 0 Å². The number of aliphatic hydroxyl groups excluding tert-OH is 1. The Morgan fingerprint density at radius 2 is 0.527 bits per heavy atom. The first-order valence-electron chi connectivity index (χ1n) is 37.2. The number of aliphatic hydroxyl groups is 1. The maximum absolute atomic E-state index is 13.0. The van der Waals surface area contributed by atoms with Crippen molar-refractivity contribution in [3.63, 3.8) is 0 Å². The Balaban J connectivity index is 5.26. The van der Waals surface area contributed by atoms with Gasteiger partial charge in [0.05, 0.1) is 26.4 Å². The number of unbranched alkanes of at least 4 members (excludes halogenated alkanes) is 34. The molecule has 0 amide bonds. The van der Waals surface area contributed by atoms with Gasteiger partial charge in [-0.2, -0.15) is 0 Å². The summed E-state index contributed by atoms with van der Waals surface area (Å²) in [7, 11) is -9.91. The normalized spacial score (nSPS) is 14.5. The van der Waals surface area contributed by atoms with Crippen LogP contribution in [0.3, 0.4) is 0 Å². The molecule has 0 aromatic carbocycles. The zero-order chi connectivity index (χ0) is 67.5. The zero-order valence-electron chi connectivity index (χ0n) is 59.5. The van der Waals surface area contributed by atoms with E-state index in [1.54, 1.807) is 0 Å². The number of rotatable bonds is 69. The van der Waals surface area contributed by atoms with Gasteiger partial charge in [0.25, 0.3) is 0 Å². The summed E-state index contributed by atoms with van der Waals surface area (Å²) in [6.07, 6.45) is 44.4. The topological polar surface area (TPSA) is 237 Å². The highest BCUT2D eigenvalue weighted by atomic mass is 31.2. The standard InChI is InChI=1S/C72H140O17P2/c1-9-65(8)51-43-35-30-31-37-45-53-70(75)83-59-68(89-71(76)54-46-38-28-21-15-11-10-13-18-24-32-40-48-62(2)3)61-87-91(80,81)85-57-66(73)56-84-90(78,79)86-60-67(58-82-69(74)52-44-36-27-23-17-20-26-34-42-50-64(6)7)88-72(77)55-47-39-29-22-16-12-14-19-25-33-41-49-63(4)5/h62-68,73H,9-61H2,1-8H3,(H,78,79)(H,80,81)/t65?,66-,67-,68-/m1/s1. The largest absolute Gasteiger partial charge is 0.472 e. The number of carbonyl (C=O) groups is 4. The Morgan fingerprint density at radius 1 is 0.308 bits per heavy atom. The van der Waals surface area contributed by atoms with E-state index in [0.717, 1.165) is 120 Å². The van der Waals surface area contributed by atoms with Gasteiger partial charge in [0.1, 0.15) is 19.3 Å². The van der Waals surface area contributed by atoms with Crippen molar-refractivity contribution in [1.82, 2.24) is 0 Å². The van der Waals surface area contributed by atoms with Crippen molar-refractivity contribution in [2.75, 3.05) is 39.6 Å². The minimum absolute atomic E-state index is 0.105. The van der Waals surface area contributed by atoms with E-state index in [-0.39, 0.29) is 25.7 Å². The van der Waals surface area contributed by atoms with Crippen LogP contribution in [0.2, 0.25) is 0 Å². The van der Waals surface area contributed by atoms with Gasteiger partial charge in [-0.15, -0.1) is 0 Å². The summed E-state index contributed by atoms with van der Waals surface area (Å²) in [6.45, 7) is 14.1. The third-order valence-corrected chi connectivity index (χ3v) is 18.8. The molecule has 0 saturated heterocycles. The summed E-state index contributed by atoms with van der Waals surface area (Å²) < 4.78 is 68.4. The second-order valence-electron chi connectivity index (χ2n) is 27.6. The lowest BCUT2D eigenvalue weighted by Crippen LogP contribution is -2.30. The van der Waals surface area contributed by atoms with Crippen LogP contribution >= 0.6 is 15.6 Å². The van der Waals surface area contributed by atoms with Gasteiger partial charge in [-0.05, 0) is 49.4 Å². The molecule has 0 aromatic rings. The Hall–Kier alpha value is -1.94. The van der Waals surface area contributed by atoms with E-state index in [2.05, 4.69) is 55.4 Å². The minimum Gasteiger partial charge on any atom is -0.462 e. The van der Waals surface area contributed by atoms with Crippen molar-refractivity contribution in [3.05, 3.63) is 0 Å². The van der Waals surface area contributed by atoms with Crippen molar-refractivity contribution in [2.45, 2.75) is 375 Å². The van der Waals surface area contributed by atoms with Crippen molar-refractivity contribution in [1.29, 1.82) is 0 Å². The molecule has 0 radical (unpaired) electrons. The molecule has 3 unspecified atom stereocenters. The Kier molecular flexibility index (Phi) is 60.3. The molecular weight excluding hydrogens is 1200 g/mol. The summed E-state index contributed by atoms with van der Waals surface area (Å²) in [5, 5.41) is 10.6. The van der Waals surface area contributed by atoms with Gasteiger partial charge >= 0.3 is 39.5 Å². The van der Waals surface area contributed by atoms with Gasteiger partial charge in [-0.3, -0.25) is 37.3 Å². The molecule has 6 atom stereocenters. The highest BCUT2D eigenvalue weighted by molar-refractivity contribution is 7.47. The lowest BCUT2D eigenvalue weighted by atomic mass is 10.00. The average molecular weight is 1340 g/mol. The minimum atomic E-state index is -4.95. The third-order valence-electron chi connectivity index (χ3n) is 16.9. The lowest BCUT2D eigenvalue weighted by molar-refractivity contribution is -0.161. The molecule has 0 aromatic heterocycles. The molecule has 0 bridgehead atoms. The van der Waals surface area contributed by atoms with Gasteiger partial charge in [0.2, 0.25) is 0 Å². The smallest absolute Gasteiger partial charge is 0.462 e. The van der Waals surface area contributed by atoms with Gasteiger partial charge in [0.15, 0.2) is 12.2 Å². The molecule has 0 heterocycles. The number of hydrogen-bond donors (Lipinski definition) is 3. The summed E-state index contributed by atoms with van der Waals surface area (Å²) >= 11 is 0. The van der Waals surface area contributed by atoms with E-state index in [9.17, 15) is 43.2 Å². The number of carbonyl (C=O) groups excluding carboxylic acids is 4. The zero-order valence-corrected chi connectivity index (χ0v) is 61.3. The van der Waals surface area contributed by atoms with Crippen LogP contribution in [-0.2, 0) is 65.4 Å². The summed E-state index contributed by atoms with van der Waals surface area (Å²) in [5.74, 6) is 0.890. The van der Waals surface area contributed by atoms with Crippen LogP contribution in [0, 0.1) is 23.7 Å². The van der Waals surface area contributed by atoms with E-state index in [1.165, 1.54) is 154 Å². The van der Waals surface area contributed by atoms with E-state index in [0.29, 0.717) is 25.7 Å². The van der Waals surface area contributed by atoms with Crippen molar-refractivity contribution >= 4 is 39.5 Å². The summed E-state index contributed by atoms with van der Waals surface area (Å²) in [4.78, 5) is 72.6. The second-order valence-corrected chi connectivity index (χ2v) is 30.6. The maximum Gasteiger partial charge on any atom is 0.472 e. The fourth-order valence-corrected chi connectivity index (χ4v) is 12.4. The van der Waals surface area contributed by atoms with Gasteiger partial charge in [-0.1, -0.05) is 306 Å². The van der Waals surface area contributed by atoms with Crippen molar-refractivity contribution in [2.24, 2.45) is 23.7 Å².